The Morgan fingerprint density at radius 1 is 1.37 bits per heavy atom. The van der Waals surface area contributed by atoms with Crippen molar-refractivity contribution < 1.29 is 9.53 Å². The predicted molar refractivity (Wildman–Crippen MR) is 71.4 cm³/mol. The van der Waals surface area contributed by atoms with Gasteiger partial charge in [-0.3, -0.25) is 4.79 Å². The van der Waals surface area contributed by atoms with Crippen LogP contribution in [0.5, 0.6) is 0 Å². The largest absolute Gasteiger partial charge is 0.383 e. The van der Waals surface area contributed by atoms with Gasteiger partial charge in [-0.1, -0.05) is 0 Å². The third kappa shape index (κ3) is 3.95. The lowest BCUT2D eigenvalue weighted by Crippen LogP contribution is -2.41. The Balaban J connectivity index is 1.77. The number of hydrogen-bond donors (Lipinski definition) is 3. The molecule has 8 heteroatoms. The Labute approximate surface area is 111 Å². The van der Waals surface area contributed by atoms with Crippen LogP contribution in [0, 0.1) is 0 Å². The third-order valence-corrected chi connectivity index (χ3v) is 2.77. The highest BCUT2D eigenvalue weighted by atomic mass is 16.5. The smallest absolute Gasteiger partial charge is 0.224 e. The molecular weight excluding hydrogens is 248 g/mol. The molecule has 1 aromatic heterocycles. The lowest BCUT2D eigenvalue weighted by molar-refractivity contribution is -0.134. The molecule has 1 aliphatic rings. The first-order valence-electron chi connectivity index (χ1n) is 6.14. The monoisotopic (exact) mass is 266 g/mol. The molecule has 1 aliphatic heterocycles. The van der Waals surface area contributed by atoms with E-state index >= 15 is 0 Å². The molecule has 1 aromatic rings. The average molecular weight is 266 g/mol. The standard InChI is InChI=1S/C11H18N6O2/c12-8-7-9(16-11(13)15-8)14-2-1-10(18)17-3-5-19-6-4-17/h7H,1-6H2,(H5,12,13,14,15,16). The van der Waals surface area contributed by atoms with Crippen molar-refractivity contribution >= 4 is 23.5 Å². The van der Waals surface area contributed by atoms with Crippen LogP contribution in [0.25, 0.3) is 0 Å². The number of nitrogen functional groups attached to an aromatic ring is 2. The Morgan fingerprint density at radius 3 is 2.79 bits per heavy atom. The Morgan fingerprint density at radius 2 is 2.11 bits per heavy atom. The number of hydrogen-bond acceptors (Lipinski definition) is 7. The van der Waals surface area contributed by atoms with Gasteiger partial charge in [0.2, 0.25) is 11.9 Å². The topological polar surface area (TPSA) is 119 Å². The van der Waals surface area contributed by atoms with Gasteiger partial charge < -0.3 is 26.4 Å². The highest BCUT2D eigenvalue weighted by Crippen LogP contribution is 2.09. The molecule has 0 aliphatic carbocycles. The Hall–Kier alpha value is -2.09. The van der Waals surface area contributed by atoms with Gasteiger partial charge in [-0.15, -0.1) is 0 Å². The molecule has 0 spiro atoms. The maximum atomic E-state index is 11.9. The number of carbonyl (C=O) groups is 1. The van der Waals surface area contributed by atoms with Gasteiger partial charge in [-0.05, 0) is 0 Å². The Kier molecular flexibility index (Phi) is 4.35. The Bertz CT molecular complexity index is 427. The molecule has 8 nitrogen and oxygen atoms in total. The van der Waals surface area contributed by atoms with Crippen LogP contribution in [0.4, 0.5) is 17.6 Å². The summed E-state index contributed by atoms with van der Waals surface area (Å²) in [6.45, 7) is 3.01. The van der Waals surface area contributed by atoms with E-state index in [0.29, 0.717) is 50.9 Å². The van der Waals surface area contributed by atoms with Crippen LogP contribution < -0.4 is 16.8 Å². The van der Waals surface area contributed by atoms with E-state index < -0.39 is 0 Å². The first kappa shape index (κ1) is 13.3. The van der Waals surface area contributed by atoms with Gasteiger partial charge in [0, 0.05) is 32.1 Å². The van der Waals surface area contributed by atoms with Gasteiger partial charge in [-0.25, -0.2) is 0 Å². The molecule has 0 saturated carbocycles. The number of nitrogens with zero attached hydrogens (tertiary/aromatic N) is 3. The van der Waals surface area contributed by atoms with Crippen LogP contribution in [0.3, 0.4) is 0 Å². The van der Waals surface area contributed by atoms with Crippen molar-refractivity contribution in [1.29, 1.82) is 0 Å². The summed E-state index contributed by atoms with van der Waals surface area (Å²) in [6.07, 6.45) is 0.393. The number of carbonyl (C=O) groups excluding carboxylic acids is 1. The van der Waals surface area contributed by atoms with Crippen molar-refractivity contribution in [2.75, 3.05) is 49.6 Å². The average Bonchev–Trinajstić information content (AvgIpc) is 2.38. The number of nitrogens with one attached hydrogen (secondary N) is 1. The van der Waals surface area contributed by atoms with Crippen molar-refractivity contribution in [1.82, 2.24) is 14.9 Å². The molecule has 1 saturated heterocycles. The highest BCUT2D eigenvalue weighted by molar-refractivity contribution is 5.76. The maximum absolute atomic E-state index is 11.9. The van der Waals surface area contributed by atoms with E-state index in [9.17, 15) is 4.79 Å². The minimum atomic E-state index is 0.103. The zero-order valence-corrected chi connectivity index (χ0v) is 10.6. The first-order valence-corrected chi connectivity index (χ1v) is 6.14. The van der Waals surface area contributed by atoms with Crippen molar-refractivity contribution in [2.45, 2.75) is 6.42 Å². The summed E-state index contributed by atoms with van der Waals surface area (Å²) >= 11 is 0. The molecule has 0 atom stereocenters. The number of amides is 1. The lowest BCUT2D eigenvalue weighted by Gasteiger charge is -2.26. The fraction of sp³-hybridized carbons (Fsp3) is 0.545. The normalized spacial score (nSPS) is 15.3. The van der Waals surface area contributed by atoms with E-state index in [0.717, 1.165) is 0 Å². The second kappa shape index (κ2) is 6.19. The number of morpholine rings is 1. The first-order chi connectivity index (χ1) is 9.15. The number of ether oxygens (including phenoxy) is 1. The summed E-state index contributed by atoms with van der Waals surface area (Å²) in [6, 6.07) is 1.58. The van der Waals surface area contributed by atoms with Crippen molar-refractivity contribution in [3.8, 4) is 0 Å². The summed E-state index contributed by atoms with van der Waals surface area (Å²) in [7, 11) is 0. The summed E-state index contributed by atoms with van der Waals surface area (Å²) in [5.74, 6) is 1.04. The van der Waals surface area contributed by atoms with Gasteiger partial charge in [0.05, 0.1) is 13.2 Å². The van der Waals surface area contributed by atoms with E-state index in [1.807, 2.05) is 0 Å². The molecule has 0 radical (unpaired) electrons. The van der Waals surface area contributed by atoms with Crippen LogP contribution in [0.1, 0.15) is 6.42 Å². The van der Waals surface area contributed by atoms with Gasteiger partial charge in [0.1, 0.15) is 11.6 Å². The fourth-order valence-electron chi connectivity index (χ4n) is 1.84. The lowest BCUT2D eigenvalue weighted by atomic mass is 10.3. The second-order valence-electron chi connectivity index (χ2n) is 4.21. The van der Waals surface area contributed by atoms with Gasteiger partial charge >= 0.3 is 0 Å². The number of aromatic nitrogens is 2. The minimum Gasteiger partial charge on any atom is -0.383 e. The molecule has 19 heavy (non-hydrogen) atoms. The zero-order chi connectivity index (χ0) is 13.7. The predicted octanol–water partition coefficient (Wildman–Crippen LogP) is -0.698. The number of anilines is 3. The van der Waals surface area contributed by atoms with Crippen LogP contribution >= 0.6 is 0 Å². The molecule has 1 amide bonds. The number of nitrogens with two attached hydrogens (primary N) is 2. The molecule has 2 rings (SSSR count). The highest BCUT2D eigenvalue weighted by Gasteiger charge is 2.16. The molecule has 5 N–H and O–H groups in total. The minimum absolute atomic E-state index is 0.103. The van der Waals surface area contributed by atoms with Crippen LogP contribution in [0.15, 0.2) is 6.07 Å². The van der Waals surface area contributed by atoms with Crippen molar-refractivity contribution in [3.63, 3.8) is 0 Å². The quantitative estimate of drug-likeness (QED) is 0.659. The van der Waals surface area contributed by atoms with E-state index in [1.165, 1.54) is 0 Å². The third-order valence-electron chi connectivity index (χ3n) is 2.77. The van der Waals surface area contributed by atoms with Crippen molar-refractivity contribution in [3.05, 3.63) is 6.07 Å². The molecule has 0 unspecified atom stereocenters. The maximum Gasteiger partial charge on any atom is 0.224 e. The molecule has 104 valence electrons. The molecule has 0 bridgehead atoms. The van der Waals surface area contributed by atoms with Gasteiger partial charge in [0.15, 0.2) is 0 Å². The van der Waals surface area contributed by atoms with Crippen LogP contribution in [0.2, 0.25) is 0 Å². The SMILES string of the molecule is Nc1cc(NCCC(=O)N2CCOCC2)nc(N)n1. The molecular formula is C11H18N6O2. The number of rotatable bonds is 4. The van der Waals surface area contributed by atoms with Gasteiger partial charge in [-0.2, -0.15) is 9.97 Å². The van der Waals surface area contributed by atoms with E-state index in [-0.39, 0.29) is 11.9 Å². The molecule has 2 heterocycles. The molecule has 1 fully saturated rings. The van der Waals surface area contributed by atoms with E-state index in [2.05, 4.69) is 15.3 Å². The summed E-state index contributed by atoms with van der Waals surface area (Å²) in [5.41, 5.74) is 11.0. The van der Waals surface area contributed by atoms with Gasteiger partial charge in [0.25, 0.3) is 0 Å². The van der Waals surface area contributed by atoms with E-state index in [4.69, 9.17) is 16.2 Å². The fourth-order valence-corrected chi connectivity index (χ4v) is 1.84. The zero-order valence-electron chi connectivity index (χ0n) is 10.6. The second-order valence-corrected chi connectivity index (χ2v) is 4.21. The van der Waals surface area contributed by atoms with Crippen LogP contribution in [-0.4, -0.2) is 53.6 Å². The van der Waals surface area contributed by atoms with E-state index in [1.54, 1.807) is 11.0 Å². The summed E-state index contributed by atoms with van der Waals surface area (Å²) < 4.78 is 5.20. The van der Waals surface area contributed by atoms with Crippen molar-refractivity contribution in [2.24, 2.45) is 0 Å². The molecule has 0 aromatic carbocycles. The summed E-state index contributed by atoms with van der Waals surface area (Å²) in [5, 5.41) is 3.01. The van der Waals surface area contributed by atoms with Crippen LogP contribution in [-0.2, 0) is 9.53 Å². The summed E-state index contributed by atoms with van der Waals surface area (Å²) in [4.78, 5) is 21.4.